The highest BCUT2D eigenvalue weighted by Crippen LogP contribution is 2.30. The summed E-state index contributed by atoms with van der Waals surface area (Å²) >= 11 is 3.28. The Hall–Kier alpha value is -1.37. The third-order valence-electron chi connectivity index (χ3n) is 3.44. The van der Waals surface area contributed by atoms with Crippen molar-refractivity contribution < 1.29 is 8.42 Å². The lowest BCUT2D eigenvalue weighted by atomic mass is 10.1. The fourth-order valence-electron chi connectivity index (χ4n) is 2.02. The molecule has 112 valence electrons. The van der Waals surface area contributed by atoms with Crippen LogP contribution in [0.5, 0.6) is 0 Å². The standard InChI is InChI=1S/C15H17BrN2O2S/c1-11(12-6-4-3-5-7-12)18(2)21(19,20)15-10-13(17)8-9-14(15)16/h3-11H,17H2,1-2H3. The van der Waals surface area contributed by atoms with Crippen LogP contribution < -0.4 is 5.73 Å². The molecule has 1 unspecified atom stereocenters. The van der Waals surface area contributed by atoms with Crippen LogP contribution in [0.25, 0.3) is 0 Å². The van der Waals surface area contributed by atoms with Gasteiger partial charge in [0.05, 0.1) is 4.90 Å². The Bertz CT molecular complexity index is 733. The lowest BCUT2D eigenvalue weighted by Gasteiger charge is -2.25. The van der Waals surface area contributed by atoms with Crippen LogP contribution >= 0.6 is 15.9 Å². The third-order valence-corrected chi connectivity index (χ3v) is 6.36. The zero-order chi connectivity index (χ0) is 15.6. The molecule has 0 heterocycles. The maximum atomic E-state index is 12.8. The average molecular weight is 369 g/mol. The Morgan fingerprint density at radius 1 is 1.14 bits per heavy atom. The Morgan fingerprint density at radius 3 is 2.38 bits per heavy atom. The van der Waals surface area contributed by atoms with Gasteiger partial charge in [0, 0.05) is 23.2 Å². The van der Waals surface area contributed by atoms with Crippen molar-refractivity contribution in [2.45, 2.75) is 17.9 Å². The fourth-order valence-corrected chi connectivity index (χ4v) is 4.33. The van der Waals surface area contributed by atoms with E-state index in [1.165, 1.54) is 10.4 Å². The van der Waals surface area contributed by atoms with E-state index >= 15 is 0 Å². The van der Waals surface area contributed by atoms with E-state index in [1.54, 1.807) is 19.2 Å². The van der Waals surface area contributed by atoms with E-state index in [9.17, 15) is 8.42 Å². The first-order chi connectivity index (χ1) is 9.84. The van der Waals surface area contributed by atoms with Gasteiger partial charge in [0.25, 0.3) is 0 Å². The van der Waals surface area contributed by atoms with E-state index in [4.69, 9.17) is 5.73 Å². The topological polar surface area (TPSA) is 63.4 Å². The van der Waals surface area contributed by atoms with Gasteiger partial charge in [-0.05, 0) is 46.6 Å². The molecule has 0 radical (unpaired) electrons. The highest BCUT2D eigenvalue weighted by Gasteiger charge is 2.28. The molecule has 6 heteroatoms. The summed E-state index contributed by atoms with van der Waals surface area (Å²) in [5.74, 6) is 0. The molecule has 0 aromatic heterocycles. The predicted molar refractivity (Wildman–Crippen MR) is 88.4 cm³/mol. The maximum Gasteiger partial charge on any atom is 0.244 e. The summed E-state index contributed by atoms with van der Waals surface area (Å²) in [5.41, 5.74) is 7.06. The van der Waals surface area contributed by atoms with Gasteiger partial charge in [0.1, 0.15) is 0 Å². The lowest BCUT2D eigenvalue weighted by Crippen LogP contribution is -2.30. The molecule has 0 saturated carbocycles. The summed E-state index contributed by atoms with van der Waals surface area (Å²) in [6.45, 7) is 1.85. The van der Waals surface area contributed by atoms with Gasteiger partial charge in [0.15, 0.2) is 0 Å². The maximum absolute atomic E-state index is 12.8. The molecule has 2 N–H and O–H groups in total. The zero-order valence-electron chi connectivity index (χ0n) is 11.8. The molecule has 2 rings (SSSR count). The van der Waals surface area contributed by atoms with Gasteiger partial charge >= 0.3 is 0 Å². The Labute approximate surface area is 133 Å². The summed E-state index contributed by atoms with van der Waals surface area (Å²) in [4.78, 5) is 0.174. The van der Waals surface area contributed by atoms with Gasteiger partial charge in [-0.1, -0.05) is 30.3 Å². The molecule has 0 fully saturated rings. The molecule has 2 aromatic rings. The van der Waals surface area contributed by atoms with Crippen LogP contribution in [0.1, 0.15) is 18.5 Å². The molecule has 4 nitrogen and oxygen atoms in total. The molecule has 0 spiro atoms. The number of rotatable bonds is 4. The van der Waals surface area contributed by atoms with Crippen LogP contribution in [0, 0.1) is 0 Å². The second-order valence-electron chi connectivity index (χ2n) is 4.80. The largest absolute Gasteiger partial charge is 0.399 e. The first kappa shape index (κ1) is 16.0. The van der Waals surface area contributed by atoms with Crippen molar-refractivity contribution in [3.05, 3.63) is 58.6 Å². The highest BCUT2D eigenvalue weighted by atomic mass is 79.9. The molecular formula is C15H17BrN2O2S. The number of hydrogen-bond acceptors (Lipinski definition) is 3. The lowest BCUT2D eigenvalue weighted by molar-refractivity contribution is 0.398. The van der Waals surface area contributed by atoms with Crippen molar-refractivity contribution in [1.29, 1.82) is 0 Å². The van der Waals surface area contributed by atoms with Gasteiger partial charge in [-0.2, -0.15) is 4.31 Å². The molecule has 0 saturated heterocycles. The van der Waals surface area contributed by atoms with Crippen molar-refractivity contribution in [2.24, 2.45) is 0 Å². The number of anilines is 1. The number of sulfonamides is 1. The first-order valence-corrected chi connectivity index (χ1v) is 8.65. The minimum atomic E-state index is -3.63. The molecule has 1 atom stereocenters. The van der Waals surface area contributed by atoms with E-state index in [2.05, 4.69) is 15.9 Å². The third kappa shape index (κ3) is 3.28. The second kappa shape index (κ2) is 6.17. The van der Waals surface area contributed by atoms with E-state index in [-0.39, 0.29) is 10.9 Å². The predicted octanol–water partition coefficient (Wildman–Crippen LogP) is 3.41. The molecule has 0 bridgehead atoms. The van der Waals surface area contributed by atoms with E-state index < -0.39 is 10.0 Å². The van der Waals surface area contributed by atoms with Gasteiger partial charge < -0.3 is 5.73 Å². The number of hydrogen-bond donors (Lipinski definition) is 1. The Balaban J connectivity index is 2.41. The van der Waals surface area contributed by atoms with Crippen LogP contribution in [0.15, 0.2) is 57.9 Å². The van der Waals surface area contributed by atoms with Gasteiger partial charge in [-0.25, -0.2) is 8.42 Å². The van der Waals surface area contributed by atoms with Gasteiger partial charge in [-0.3, -0.25) is 0 Å². The van der Waals surface area contributed by atoms with Crippen LogP contribution in [0.3, 0.4) is 0 Å². The minimum Gasteiger partial charge on any atom is -0.399 e. The number of nitrogens with zero attached hydrogens (tertiary/aromatic N) is 1. The smallest absolute Gasteiger partial charge is 0.244 e. The molecule has 21 heavy (non-hydrogen) atoms. The van der Waals surface area contributed by atoms with Gasteiger partial charge in [-0.15, -0.1) is 0 Å². The molecule has 2 aromatic carbocycles. The average Bonchev–Trinajstić information content (AvgIpc) is 2.49. The summed E-state index contributed by atoms with van der Waals surface area (Å²) in [6, 6.07) is 14.0. The van der Waals surface area contributed by atoms with Gasteiger partial charge in [0.2, 0.25) is 10.0 Å². The van der Waals surface area contributed by atoms with Crippen LogP contribution in [0.2, 0.25) is 0 Å². The van der Waals surface area contributed by atoms with Crippen LogP contribution in [-0.4, -0.2) is 19.8 Å². The summed E-state index contributed by atoms with van der Waals surface area (Å²) < 4.78 is 27.4. The number of halogens is 1. The Kier molecular flexibility index (Phi) is 4.70. The SMILES string of the molecule is CC(c1ccccc1)N(C)S(=O)(=O)c1cc(N)ccc1Br. The van der Waals surface area contributed by atoms with Crippen LogP contribution in [-0.2, 0) is 10.0 Å². The Morgan fingerprint density at radius 2 is 1.76 bits per heavy atom. The molecule has 0 aliphatic rings. The highest BCUT2D eigenvalue weighted by molar-refractivity contribution is 9.10. The van der Waals surface area contributed by atoms with Crippen molar-refractivity contribution in [1.82, 2.24) is 4.31 Å². The van der Waals surface area contributed by atoms with Crippen molar-refractivity contribution in [2.75, 3.05) is 12.8 Å². The van der Waals surface area contributed by atoms with Crippen molar-refractivity contribution in [3.8, 4) is 0 Å². The molecular weight excluding hydrogens is 352 g/mol. The van der Waals surface area contributed by atoms with Crippen LogP contribution in [0.4, 0.5) is 5.69 Å². The molecule has 0 amide bonds. The number of nitrogen functional groups attached to an aromatic ring is 1. The summed E-state index contributed by atoms with van der Waals surface area (Å²) in [5, 5.41) is 0. The van der Waals surface area contributed by atoms with Crippen molar-refractivity contribution in [3.63, 3.8) is 0 Å². The molecule has 0 aliphatic carbocycles. The summed E-state index contributed by atoms with van der Waals surface area (Å²) in [6.07, 6.45) is 0. The second-order valence-corrected chi connectivity index (χ2v) is 7.62. The number of benzene rings is 2. The normalized spacial score (nSPS) is 13.3. The number of nitrogens with two attached hydrogens (primary N) is 1. The first-order valence-electron chi connectivity index (χ1n) is 6.42. The zero-order valence-corrected chi connectivity index (χ0v) is 14.2. The summed E-state index contributed by atoms with van der Waals surface area (Å²) in [7, 11) is -2.06. The molecule has 0 aliphatic heterocycles. The quantitative estimate of drug-likeness (QED) is 0.840. The van der Waals surface area contributed by atoms with E-state index in [0.29, 0.717) is 10.2 Å². The minimum absolute atomic E-state index is 0.174. The van der Waals surface area contributed by atoms with E-state index in [1.807, 2.05) is 37.3 Å². The monoisotopic (exact) mass is 368 g/mol. The van der Waals surface area contributed by atoms with E-state index in [0.717, 1.165) is 5.56 Å². The fraction of sp³-hybridized carbons (Fsp3) is 0.200. The van der Waals surface area contributed by atoms with Crippen molar-refractivity contribution >= 4 is 31.6 Å².